The maximum Gasteiger partial charge on any atom is 0.339 e. The largest absolute Gasteiger partial charge is 0.478 e. The molecular formula is C20H37B10NO9. The first-order valence-electron chi connectivity index (χ1n) is 13.5. The van der Waals surface area contributed by atoms with Gasteiger partial charge in [0.15, 0.2) is 6.10 Å². The van der Waals surface area contributed by atoms with E-state index in [9.17, 15) is 24.6 Å². The van der Waals surface area contributed by atoms with Crippen LogP contribution in [0.4, 0.5) is 5.69 Å². The van der Waals surface area contributed by atoms with E-state index in [1.807, 2.05) is 78.5 Å². The van der Waals surface area contributed by atoms with Crippen molar-refractivity contribution in [3.63, 3.8) is 0 Å². The highest BCUT2D eigenvalue weighted by atomic mass is 16.7. The molecule has 206 valence electrons. The Labute approximate surface area is 245 Å². The van der Waals surface area contributed by atoms with Gasteiger partial charge in [0.2, 0.25) is 12.4 Å². The van der Waals surface area contributed by atoms with Crippen LogP contribution in [0.2, 0.25) is 20.7 Å². The highest BCUT2D eigenvalue weighted by molar-refractivity contribution is 6.68. The van der Waals surface area contributed by atoms with Gasteiger partial charge in [-0.15, -0.1) is 10.2 Å². The summed E-state index contributed by atoms with van der Waals surface area (Å²) in [7, 11) is 19.8. The van der Waals surface area contributed by atoms with Crippen LogP contribution < -0.4 is 10.5 Å². The summed E-state index contributed by atoms with van der Waals surface area (Å²) in [4.78, 5) is 38.2. The summed E-state index contributed by atoms with van der Waals surface area (Å²) in [5, 5.41) is 19.1. The van der Waals surface area contributed by atoms with Crippen LogP contribution in [0.3, 0.4) is 0 Å². The molecule has 1 heterocycles. The molecular weight excluding hydrogens is 506 g/mol. The standard InChI is InChI=1S/C20H37B10NO9/c21-17(22,19(25,26)27)4-11(33)39-13-9(32)6-37-16(38-10-2-1-7(31)3-8(10)15(35)36)14(13)40-12(34)5-18(23,24)20(28,29)30/h1-3,9,13-14,16,32H,4-6,21-31H2,(H,35,36)/t9-,13+,14-,16+/m1/s1. The van der Waals surface area contributed by atoms with Crippen LogP contribution in [-0.2, 0) is 23.8 Å². The Balaban J connectivity index is 2.42. The number of hydrogen-bond acceptors (Lipinski definition) is 9. The minimum Gasteiger partial charge on any atom is -0.478 e. The first kappa shape index (κ1) is 34.0. The van der Waals surface area contributed by atoms with Crippen molar-refractivity contribution in [1.82, 2.24) is 0 Å². The molecule has 1 saturated heterocycles. The number of carbonyl (C=O) groups is 3. The van der Waals surface area contributed by atoms with E-state index < -0.39 is 52.9 Å². The molecule has 0 radical (unpaired) electrons. The SMILES string of the molecule is BC(B)(B)C(B)(B)CC(=O)O[C@@H]1[C@@H](OC(=O)CC(B)(B)C(B)(B)B)[C@H](Oc2ccc(N)cc2C(=O)O)OC[C@H]1O. The van der Waals surface area contributed by atoms with E-state index in [0.717, 1.165) is 0 Å². The Morgan fingerprint density at radius 2 is 1.35 bits per heavy atom. The Bertz CT molecular complexity index is 1110. The van der Waals surface area contributed by atoms with Gasteiger partial charge in [0.25, 0.3) is 0 Å². The molecule has 1 fully saturated rings. The number of ether oxygens (including phenoxy) is 4. The van der Waals surface area contributed by atoms with E-state index in [4.69, 9.17) is 24.7 Å². The van der Waals surface area contributed by atoms with Crippen molar-refractivity contribution in [3.05, 3.63) is 23.8 Å². The van der Waals surface area contributed by atoms with Crippen molar-refractivity contribution in [2.75, 3.05) is 12.3 Å². The molecule has 4 atom stereocenters. The van der Waals surface area contributed by atoms with Gasteiger partial charge >= 0.3 is 17.9 Å². The van der Waals surface area contributed by atoms with Crippen molar-refractivity contribution >= 4 is 102 Å². The van der Waals surface area contributed by atoms with Crippen LogP contribution in [0.25, 0.3) is 0 Å². The second kappa shape index (κ2) is 12.3. The summed E-state index contributed by atoms with van der Waals surface area (Å²) >= 11 is 0. The van der Waals surface area contributed by atoms with Gasteiger partial charge in [-0.3, -0.25) is 9.59 Å². The van der Waals surface area contributed by atoms with Crippen LogP contribution in [0, 0.1) is 0 Å². The number of carboxylic acids is 1. The van der Waals surface area contributed by atoms with Crippen LogP contribution in [0.5, 0.6) is 5.75 Å². The number of anilines is 1. The molecule has 1 aromatic carbocycles. The Kier molecular flexibility index (Phi) is 10.5. The maximum atomic E-state index is 13.2. The van der Waals surface area contributed by atoms with E-state index in [2.05, 4.69) is 0 Å². The molecule has 20 heteroatoms. The predicted molar refractivity (Wildman–Crippen MR) is 179 cm³/mol. The normalized spacial score (nSPS) is 22.1. The summed E-state index contributed by atoms with van der Waals surface area (Å²) in [6.07, 6.45) is -5.32. The molecule has 10 nitrogen and oxygen atoms in total. The van der Waals surface area contributed by atoms with Crippen molar-refractivity contribution < 1.29 is 43.5 Å². The number of rotatable bonds is 11. The zero-order valence-corrected chi connectivity index (χ0v) is 25.5. The zero-order chi connectivity index (χ0) is 30.8. The monoisotopic (exact) mass is 545 g/mol. The van der Waals surface area contributed by atoms with Gasteiger partial charge in [0, 0.05) is 18.5 Å². The fraction of sp³-hybridized carbons (Fsp3) is 0.550. The highest BCUT2D eigenvalue weighted by Gasteiger charge is 2.48. The molecule has 4 N–H and O–H groups in total. The molecule has 0 aliphatic carbocycles. The van der Waals surface area contributed by atoms with E-state index in [1.54, 1.807) is 0 Å². The van der Waals surface area contributed by atoms with Crippen LogP contribution in [0.1, 0.15) is 23.2 Å². The maximum absolute atomic E-state index is 13.2. The van der Waals surface area contributed by atoms with Gasteiger partial charge in [-0.25, -0.2) is 4.79 Å². The van der Waals surface area contributed by atoms with Crippen LogP contribution in [0.15, 0.2) is 18.2 Å². The number of aliphatic hydroxyl groups excluding tert-OH is 1. The van der Waals surface area contributed by atoms with E-state index in [0.29, 0.717) is 0 Å². The third-order valence-corrected chi connectivity index (χ3v) is 8.65. The van der Waals surface area contributed by atoms with Crippen molar-refractivity contribution in [3.8, 4) is 5.75 Å². The molecule has 0 spiro atoms. The minimum absolute atomic E-state index is 0.0236. The summed E-state index contributed by atoms with van der Waals surface area (Å²) in [6.45, 7) is -0.301. The highest BCUT2D eigenvalue weighted by Crippen LogP contribution is 2.43. The number of benzene rings is 1. The summed E-state index contributed by atoms with van der Waals surface area (Å²) in [6, 6.07) is 4.05. The van der Waals surface area contributed by atoms with Gasteiger partial charge in [-0.1, -0.05) is 10.4 Å². The van der Waals surface area contributed by atoms with Crippen LogP contribution >= 0.6 is 0 Å². The first-order chi connectivity index (χ1) is 18.1. The Hall–Kier alpha value is -2.20. The molecule has 0 amide bonds. The number of carboxylic acid groups (broad SMARTS) is 1. The van der Waals surface area contributed by atoms with E-state index >= 15 is 0 Å². The number of carbonyl (C=O) groups excluding carboxylic acids is 2. The average molecular weight is 544 g/mol. The molecule has 0 aromatic heterocycles. The molecule has 1 aliphatic rings. The fourth-order valence-electron chi connectivity index (χ4n) is 3.71. The smallest absolute Gasteiger partial charge is 0.339 e. The lowest BCUT2D eigenvalue weighted by Crippen LogP contribution is -2.58. The van der Waals surface area contributed by atoms with Crippen molar-refractivity contribution in [2.24, 2.45) is 0 Å². The van der Waals surface area contributed by atoms with Gasteiger partial charge < -0.3 is 34.9 Å². The predicted octanol–water partition coefficient (Wildman–Crippen LogP) is -8.62. The first-order valence-corrected chi connectivity index (χ1v) is 13.5. The zero-order valence-electron chi connectivity index (χ0n) is 25.5. The second-order valence-corrected chi connectivity index (χ2v) is 14.0. The molecule has 2 rings (SSSR count). The number of nitrogen functional groups attached to an aromatic ring is 1. The number of aliphatic hydroxyl groups is 1. The molecule has 0 unspecified atom stereocenters. The van der Waals surface area contributed by atoms with Gasteiger partial charge in [0.05, 0.1) is 85.1 Å². The van der Waals surface area contributed by atoms with Gasteiger partial charge in [-0.05, 0) is 18.2 Å². The molecule has 0 saturated carbocycles. The topological polar surface area (TPSA) is 155 Å². The quantitative estimate of drug-likeness (QED) is 0.139. The lowest BCUT2D eigenvalue weighted by atomic mass is 9.22. The van der Waals surface area contributed by atoms with E-state index in [-0.39, 0.29) is 46.7 Å². The molecule has 1 aliphatic heterocycles. The lowest BCUT2D eigenvalue weighted by Gasteiger charge is -2.42. The summed E-state index contributed by atoms with van der Waals surface area (Å²) < 4.78 is 23.1. The minimum atomic E-state index is -1.38. The fourth-order valence-corrected chi connectivity index (χ4v) is 3.71. The third-order valence-electron chi connectivity index (χ3n) is 8.65. The number of esters is 2. The Morgan fingerprint density at radius 3 is 1.80 bits per heavy atom. The van der Waals surface area contributed by atoms with Crippen molar-refractivity contribution in [1.29, 1.82) is 0 Å². The lowest BCUT2D eigenvalue weighted by molar-refractivity contribution is -0.257. The molecule has 0 bridgehead atoms. The number of aromatic carboxylic acids is 1. The third kappa shape index (κ3) is 8.41. The average Bonchev–Trinajstić information content (AvgIpc) is 2.76. The Morgan fingerprint density at radius 1 is 0.875 bits per heavy atom. The van der Waals surface area contributed by atoms with E-state index in [1.165, 1.54) is 18.2 Å². The second-order valence-electron chi connectivity index (χ2n) is 14.0. The molecule has 40 heavy (non-hydrogen) atoms. The summed E-state index contributed by atoms with van der Waals surface area (Å²) in [5.74, 6) is -2.56. The molecule has 1 aromatic rings. The van der Waals surface area contributed by atoms with Gasteiger partial charge in [-0.2, -0.15) is 0 Å². The number of hydrogen-bond donors (Lipinski definition) is 3. The van der Waals surface area contributed by atoms with Gasteiger partial charge in [0.1, 0.15) is 17.4 Å². The number of nitrogens with two attached hydrogens (primary N) is 1. The summed E-state index contributed by atoms with van der Waals surface area (Å²) in [5.41, 5.74) is 5.74. The van der Waals surface area contributed by atoms with Crippen LogP contribution in [-0.4, -0.2) is 138 Å². The van der Waals surface area contributed by atoms with Crippen molar-refractivity contribution in [2.45, 2.75) is 58.1 Å².